The summed E-state index contributed by atoms with van der Waals surface area (Å²) in [5, 5.41) is 6.41. The number of nitrogens with zero attached hydrogens (tertiary/aromatic N) is 1. The number of carbonyl (C=O) groups is 1. The smallest absolute Gasteiger partial charge is 0.225 e. The van der Waals surface area contributed by atoms with Crippen LogP contribution in [0.15, 0.2) is 29.9 Å². The van der Waals surface area contributed by atoms with Crippen LogP contribution >= 0.6 is 11.3 Å². The second-order valence-corrected chi connectivity index (χ2v) is 5.87. The van der Waals surface area contributed by atoms with E-state index in [-0.39, 0.29) is 5.91 Å². The fourth-order valence-electron chi connectivity index (χ4n) is 2.49. The van der Waals surface area contributed by atoms with Gasteiger partial charge in [0.2, 0.25) is 5.91 Å². The van der Waals surface area contributed by atoms with Gasteiger partial charge in [0.25, 0.3) is 0 Å². The second-order valence-electron chi connectivity index (χ2n) is 4.89. The summed E-state index contributed by atoms with van der Waals surface area (Å²) in [5.41, 5.74) is 5.52. The Hall–Kier alpha value is -1.88. The Balaban J connectivity index is 1.62. The highest BCUT2D eigenvalue weighted by molar-refractivity contribution is 7.09. The molecule has 1 amide bonds. The summed E-state index contributed by atoms with van der Waals surface area (Å²) in [5.74, 6) is 0.0515. The fourth-order valence-corrected chi connectivity index (χ4v) is 3.09. The summed E-state index contributed by atoms with van der Waals surface area (Å²) >= 11 is 1.51. The van der Waals surface area contributed by atoms with Gasteiger partial charge >= 0.3 is 0 Å². The summed E-state index contributed by atoms with van der Waals surface area (Å²) in [7, 11) is 0. The Kier molecular flexibility index (Phi) is 3.97. The monoisotopic (exact) mass is 287 g/mol. The van der Waals surface area contributed by atoms with Crippen molar-refractivity contribution in [3.8, 4) is 0 Å². The van der Waals surface area contributed by atoms with Crippen molar-refractivity contribution in [1.29, 1.82) is 0 Å². The van der Waals surface area contributed by atoms with Crippen LogP contribution in [0.25, 0.3) is 0 Å². The maximum atomic E-state index is 11.9. The van der Waals surface area contributed by atoms with Crippen molar-refractivity contribution < 1.29 is 4.79 Å². The molecule has 0 atom stereocenters. The summed E-state index contributed by atoms with van der Waals surface area (Å²) in [4.78, 5) is 16.9. The molecule has 3 rings (SSSR count). The van der Waals surface area contributed by atoms with Crippen molar-refractivity contribution in [1.82, 2.24) is 10.3 Å². The zero-order valence-electron chi connectivity index (χ0n) is 11.2. The molecule has 0 bridgehead atoms. The van der Waals surface area contributed by atoms with Crippen LogP contribution in [0.1, 0.15) is 22.4 Å². The van der Waals surface area contributed by atoms with Crippen LogP contribution in [0, 0.1) is 0 Å². The molecule has 0 saturated carbocycles. The lowest BCUT2D eigenvalue weighted by Gasteiger charge is -2.21. The molecule has 0 unspecified atom stereocenters. The second kappa shape index (κ2) is 6.05. The number of hydrogen-bond acceptors (Lipinski definition) is 4. The predicted molar refractivity (Wildman–Crippen MR) is 80.9 cm³/mol. The van der Waals surface area contributed by atoms with Gasteiger partial charge in [-0.15, -0.1) is 11.3 Å². The van der Waals surface area contributed by atoms with Crippen molar-refractivity contribution in [2.75, 3.05) is 11.9 Å². The first-order valence-corrected chi connectivity index (χ1v) is 7.69. The van der Waals surface area contributed by atoms with Gasteiger partial charge in [-0.25, -0.2) is 0 Å². The highest BCUT2D eigenvalue weighted by atomic mass is 32.1. The van der Waals surface area contributed by atoms with E-state index in [1.165, 1.54) is 28.2 Å². The van der Waals surface area contributed by atoms with Gasteiger partial charge in [-0.1, -0.05) is 12.1 Å². The Morgan fingerprint density at radius 2 is 2.40 bits per heavy atom. The largest absolute Gasteiger partial charge is 0.385 e. The Bertz CT molecular complexity index is 595. The number of hydrogen-bond donors (Lipinski definition) is 2. The van der Waals surface area contributed by atoms with Gasteiger partial charge < -0.3 is 10.6 Å². The molecule has 1 aromatic carbocycles. The van der Waals surface area contributed by atoms with Gasteiger partial charge in [0.05, 0.1) is 11.9 Å². The van der Waals surface area contributed by atoms with E-state index in [1.54, 1.807) is 11.7 Å². The SMILES string of the molecule is O=C(Cc1cncs1)NCc1cccc2c1CCCN2. The van der Waals surface area contributed by atoms with Crippen molar-refractivity contribution in [2.45, 2.75) is 25.8 Å². The maximum absolute atomic E-state index is 11.9. The Labute approximate surface area is 122 Å². The summed E-state index contributed by atoms with van der Waals surface area (Å²) in [6.45, 7) is 1.64. The van der Waals surface area contributed by atoms with E-state index in [0.717, 1.165) is 24.3 Å². The number of fused-ring (bicyclic) bond motifs is 1. The van der Waals surface area contributed by atoms with Gasteiger partial charge in [0, 0.05) is 29.9 Å². The first-order chi connectivity index (χ1) is 9.83. The minimum Gasteiger partial charge on any atom is -0.385 e. The van der Waals surface area contributed by atoms with Crippen LogP contribution in [-0.4, -0.2) is 17.4 Å². The van der Waals surface area contributed by atoms with Gasteiger partial charge in [0.1, 0.15) is 0 Å². The number of benzene rings is 1. The Morgan fingerprint density at radius 1 is 1.45 bits per heavy atom. The molecule has 1 aliphatic rings. The molecule has 0 fully saturated rings. The molecular formula is C15H17N3OS. The average molecular weight is 287 g/mol. The van der Waals surface area contributed by atoms with Crippen LogP contribution in [0.2, 0.25) is 0 Å². The zero-order chi connectivity index (χ0) is 13.8. The molecule has 0 saturated heterocycles. The van der Waals surface area contributed by atoms with Crippen LogP contribution < -0.4 is 10.6 Å². The molecule has 4 nitrogen and oxygen atoms in total. The number of aromatic nitrogens is 1. The minimum atomic E-state index is 0.0515. The number of nitrogens with one attached hydrogen (secondary N) is 2. The molecule has 0 aliphatic carbocycles. The van der Waals surface area contributed by atoms with E-state index >= 15 is 0 Å². The molecule has 20 heavy (non-hydrogen) atoms. The van der Waals surface area contributed by atoms with Crippen molar-refractivity contribution in [3.05, 3.63) is 45.9 Å². The summed E-state index contributed by atoms with van der Waals surface area (Å²) in [6.07, 6.45) is 4.40. The fraction of sp³-hybridized carbons (Fsp3) is 0.333. The van der Waals surface area contributed by atoms with Gasteiger partial charge in [-0.3, -0.25) is 9.78 Å². The molecule has 1 aliphatic heterocycles. The number of anilines is 1. The lowest BCUT2D eigenvalue weighted by molar-refractivity contribution is -0.120. The van der Waals surface area contributed by atoms with Crippen molar-refractivity contribution >= 4 is 22.9 Å². The molecule has 2 heterocycles. The molecule has 1 aromatic heterocycles. The topological polar surface area (TPSA) is 54.0 Å². The number of thiazole rings is 1. The molecule has 2 aromatic rings. The van der Waals surface area contributed by atoms with Gasteiger partial charge in [0.15, 0.2) is 0 Å². The van der Waals surface area contributed by atoms with Gasteiger partial charge in [-0.2, -0.15) is 0 Å². The number of rotatable bonds is 4. The minimum absolute atomic E-state index is 0.0515. The van der Waals surface area contributed by atoms with Crippen molar-refractivity contribution in [2.24, 2.45) is 0 Å². The first-order valence-electron chi connectivity index (χ1n) is 6.81. The standard InChI is InChI=1S/C15H17N3OS/c19-15(7-12-9-16-10-20-12)18-8-11-3-1-5-14-13(11)4-2-6-17-14/h1,3,5,9-10,17H,2,4,6-8H2,(H,18,19). The number of carbonyl (C=O) groups excluding carboxylic acids is 1. The molecule has 0 spiro atoms. The van der Waals surface area contributed by atoms with E-state index in [0.29, 0.717) is 13.0 Å². The summed E-state index contributed by atoms with van der Waals surface area (Å²) < 4.78 is 0. The molecule has 5 heteroatoms. The van der Waals surface area contributed by atoms with E-state index < -0.39 is 0 Å². The van der Waals surface area contributed by atoms with E-state index in [2.05, 4.69) is 27.8 Å². The molecule has 104 valence electrons. The quantitative estimate of drug-likeness (QED) is 0.907. The van der Waals surface area contributed by atoms with Crippen LogP contribution in [0.4, 0.5) is 5.69 Å². The Morgan fingerprint density at radius 3 is 3.25 bits per heavy atom. The molecular weight excluding hydrogens is 270 g/mol. The number of amides is 1. The van der Waals surface area contributed by atoms with Crippen LogP contribution in [0.3, 0.4) is 0 Å². The normalized spacial score (nSPS) is 13.4. The lowest BCUT2D eigenvalue weighted by Crippen LogP contribution is -2.25. The third kappa shape index (κ3) is 2.99. The molecule has 2 N–H and O–H groups in total. The van der Waals surface area contributed by atoms with Crippen LogP contribution in [0.5, 0.6) is 0 Å². The first kappa shape index (κ1) is 13.1. The highest BCUT2D eigenvalue weighted by Gasteiger charge is 2.13. The summed E-state index contributed by atoms with van der Waals surface area (Å²) in [6, 6.07) is 6.25. The third-order valence-electron chi connectivity index (χ3n) is 3.49. The van der Waals surface area contributed by atoms with E-state index in [1.807, 2.05) is 6.07 Å². The highest BCUT2D eigenvalue weighted by Crippen LogP contribution is 2.25. The molecule has 0 radical (unpaired) electrons. The van der Waals surface area contributed by atoms with Crippen LogP contribution in [-0.2, 0) is 24.2 Å². The van der Waals surface area contributed by atoms with E-state index in [9.17, 15) is 4.79 Å². The van der Waals surface area contributed by atoms with E-state index in [4.69, 9.17) is 0 Å². The third-order valence-corrected chi connectivity index (χ3v) is 4.27. The lowest BCUT2D eigenvalue weighted by atomic mass is 9.97. The van der Waals surface area contributed by atoms with Crippen molar-refractivity contribution in [3.63, 3.8) is 0 Å². The zero-order valence-corrected chi connectivity index (χ0v) is 12.0. The average Bonchev–Trinajstić information content (AvgIpc) is 2.98. The predicted octanol–water partition coefficient (Wildman–Crippen LogP) is 2.36. The maximum Gasteiger partial charge on any atom is 0.225 e. The van der Waals surface area contributed by atoms with Gasteiger partial charge in [-0.05, 0) is 30.0 Å².